The largest absolute Gasteiger partial charge is 0.493 e. The summed E-state index contributed by atoms with van der Waals surface area (Å²) < 4.78 is 18.4. The van der Waals surface area contributed by atoms with Gasteiger partial charge in [0.2, 0.25) is 0 Å². The number of hydrogen-bond acceptors (Lipinski definition) is 9. The molecule has 3 heterocycles. The quantitative estimate of drug-likeness (QED) is 0.422. The number of Topliss-reactive ketones (excluding diaryl/α,β-unsaturated/α-hetero) is 1. The lowest BCUT2D eigenvalue weighted by Crippen LogP contribution is -2.65. The zero-order chi connectivity index (χ0) is 27.9. The number of likely N-dealkylation sites (N-methyl/N-ethyl adjacent to an activating group) is 1. The maximum absolute atomic E-state index is 13.4. The second-order valence-electron chi connectivity index (χ2n) is 10.0. The summed E-state index contributed by atoms with van der Waals surface area (Å²) in [5, 5.41) is 10.4. The van der Waals surface area contributed by atoms with Crippen LogP contribution in [0.15, 0.2) is 72.8 Å². The fourth-order valence-electron chi connectivity index (χ4n) is 5.88. The normalized spacial score (nSPS) is 24.0. The molecule has 0 amide bonds. The van der Waals surface area contributed by atoms with Crippen molar-refractivity contribution in [3.63, 3.8) is 0 Å². The van der Waals surface area contributed by atoms with Crippen molar-refractivity contribution in [1.29, 1.82) is 0 Å². The highest BCUT2D eigenvalue weighted by Crippen LogP contribution is 2.46. The van der Waals surface area contributed by atoms with Crippen LogP contribution in [0.25, 0.3) is 0 Å². The molecule has 2 saturated heterocycles. The van der Waals surface area contributed by atoms with Crippen LogP contribution < -0.4 is 14.2 Å². The fourth-order valence-corrected chi connectivity index (χ4v) is 5.88. The molecule has 40 heavy (non-hydrogen) atoms. The molecule has 2 fully saturated rings. The molecule has 0 radical (unpaired) electrons. The molecule has 0 saturated carbocycles. The molecule has 10 heteroatoms. The number of hydroxylamine groups is 2. The fraction of sp³-hybridized carbons (Fsp3) is 0.300. The summed E-state index contributed by atoms with van der Waals surface area (Å²) in [7, 11) is 1.45. The number of aliphatic carboxylic acids is 1. The van der Waals surface area contributed by atoms with Gasteiger partial charge in [-0.3, -0.25) is 14.5 Å². The number of rotatable bonds is 8. The van der Waals surface area contributed by atoms with E-state index in [-0.39, 0.29) is 0 Å². The van der Waals surface area contributed by atoms with Crippen LogP contribution in [0.5, 0.6) is 23.0 Å². The summed E-state index contributed by atoms with van der Waals surface area (Å²) in [6, 6.07) is 21.2. The maximum Gasteiger partial charge on any atom is 0.346 e. The Labute approximate surface area is 230 Å². The third-order valence-electron chi connectivity index (χ3n) is 7.56. The molecule has 10 nitrogen and oxygen atoms in total. The third kappa shape index (κ3) is 4.55. The van der Waals surface area contributed by atoms with Crippen LogP contribution in [0, 0.1) is 0 Å². The van der Waals surface area contributed by atoms with Gasteiger partial charge in [-0.1, -0.05) is 36.4 Å². The van der Waals surface area contributed by atoms with Crippen LogP contribution in [0.3, 0.4) is 0 Å². The van der Waals surface area contributed by atoms with Gasteiger partial charge in [0.1, 0.15) is 29.4 Å². The van der Waals surface area contributed by atoms with Crippen LogP contribution in [-0.4, -0.2) is 65.2 Å². The van der Waals surface area contributed by atoms with E-state index in [1.54, 1.807) is 29.2 Å². The smallest absolute Gasteiger partial charge is 0.346 e. The first-order chi connectivity index (χ1) is 19.4. The van der Waals surface area contributed by atoms with E-state index in [2.05, 4.69) is 0 Å². The number of carboxylic acids is 1. The Hall–Kier alpha value is -4.41. The summed E-state index contributed by atoms with van der Waals surface area (Å²) in [6.07, 6.45) is -0.575. The highest BCUT2D eigenvalue weighted by Gasteiger charge is 2.61. The van der Waals surface area contributed by atoms with E-state index in [0.29, 0.717) is 31.1 Å². The van der Waals surface area contributed by atoms with Gasteiger partial charge in [-0.25, -0.2) is 4.79 Å². The van der Waals surface area contributed by atoms with E-state index in [4.69, 9.17) is 19.0 Å². The van der Waals surface area contributed by atoms with E-state index in [0.717, 1.165) is 34.1 Å². The molecule has 1 N–H and O–H groups in total. The number of hydrogen-bond donors (Lipinski definition) is 1. The van der Waals surface area contributed by atoms with Crippen molar-refractivity contribution < 1.29 is 38.5 Å². The number of nitrogens with zero attached hydrogens (tertiary/aromatic N) is 2. The van der Waals surface area contributed by atoms with Crippen molar-refractivity contribution in [2.24, 2.45) is 0 Å². The molecule has 3 aromatic rings. The zero-order valence-corrected chi connectivity index (χ0v) is 21.8. The van der Waals surface area contributed by atoms with Gasteiger partial charge in [-0.15, -0.1) is 5.06 Å². The summed E-state index contributed by atoms with van der Waals surface area (Å²) >= 11 is 0. The molecule has 3 aliphatic rings. The van der Waals surface area contributed by atoms with Gasteiger partial charge in [-0.2, -0.15) is 0 Å². The molecule has 3 aromatic carbocycles. The topological polar surface area (TPSA) is 115 Å². The van der Waals surface area contributed by atoms with Crippen LogP contribution in [0.4, 0.5) is 0 Å². The number of carboxylic acid groups (broad SMARTS) is 1. The first-order valence-corrected chi connectivity index (χ1v) is 13.1. The molecule has 206 valence electrons. The summed E-state index contributed by atoms with van der Waals surface area (Å²) in [5.74, 6) is 0.290. The van der Waals surface area contributed by atoms with Crippen molar-refractivity contribution in [1.82, 2.24) is 9.96 Å². The Kier molecular flexibility index (Phi) is 6.65. The second kappa shape index (κ2) is 10.3. The molecule has 3 aliphatic heterocycles. The minimum Gasteiger partial charge on any atom is -0.493 e. The lowest BCUT2D eigenvalue weighted by atomic mass is 9.85. The highest BCUT2D eigenvalue weighted by atomic mass is 16.7. The Morgan fingerprint density at radius 2 is 1.77 bits per heavy atom. The van der Waals surface area contributed by atoms with E-state index < -0.39 is 42.0 Å². The minimum absolute atomic E-state index is 0.317. The van der Waals surface area contributed by atoms with Crippen molar-refractivity contribution >= 4 is 17.7 Å². The summed E-state index contributed by atoms with van der Waals surface area (Å²) in [5.41, 5.74) is 0.597. The first-order valence-electron chi connectivity index (χ1n) is 13.1. The molecular weight excluding hydrogens is 516 g/mol. The molecule has 0 aromatic heterocycles. The van der Waals surface area contributed by atoms with Crippen molar-refractivity contribution in [2.45, 2.75) is 37.1 Å². The molecule has 6 rings (SSSR count). The highest BCUT2D eigenvalue weighted by molar-refractivity contribution is 5.98. The second-order valence-corrected chi connectivity index (χ2v) is 10.0. The van der Waals surface area contributed by atoms with E-state index in [9.17, 15) is 19.5 Å². The molecule has 0 spiro atoms. The minimum atomic E-state index is -1.24. The van der Waals surface area contributed by atoms with Gasteiger partial charge in [0.05, 0.1) is 6.61 Å². The van der Waals surface area contributed by atoms with Gasteiger partial charge in [0, 0.05) is 32.0 Å². The van der Waals surface area contributed by atoms with Crippen molar-refractivity contribution in [2.75, 3.05) is 20.2 Å². The van der Waals surface area contributed by atoms with Gasteiger partial charge in [0.15, 0.2) is 23.6 Å². The van der Waals surface area contributed by atoms with Crippen molar-refractivity contribution in [3.05, 3.63) is 83.9 Å². The Morgan fingerprint density at radius 3 is 2.52 bits per heavy atom. The number of ether oxygens (including phenoxy) is 3. The van der Waals surface area contributed by atoms with Crippen LogP contribution >= 0.6 is 0 Å². The van der Waals surface area contributed by atoms with Crippen LogP contribution in [0.2, 0.25) is 0 Å². The number of carbonyl (C=O) groups is 3. The van der Waals surface area contributed by atoms with Gasteiger partial charge < -0.3 is 24.2 Å². The Balaban J connectivity index is 1.30. The molecule has 3 unspecified atom stereocenters. The number of carbonyl (C=O) groups excluding carboxylic acids is 2. The Morgan fingerprint density at radius 1 is 1.02 bits per heavy atom. The average molecular weight is 545 g/mol. The molecule has 0 bridgehead atoms. The number of fused-ring (bicyclic) bond motifs is 2. The Bertz CT molecular complexity index is 1440. The number of ketones is 1. The predicted octanol–water partition coefficient (Wildman–Crippen LogP) is 3.54. The molecule has 0 aliphatic carbocycles. The van der Waals surface area contributed by atoms with Gasteiger partial charge in [0.25, 0.3) is 0 Å². The predicted molar refractivity (Wildman–Crippen MR) is 141 cm³/mol. The van der Waals surface area contributed by atoms with Crippen LogP contribution in [-0.2, 0) is 31.2 Å². The SMILES string of the molecule is CN1OC(=O)C2N(CCC2(Oc2ccc(Oc3cccc4c3CCO4)cc2)c2ccccc2)C1C(=O)CC(=O)O. The summed E-state index contributed by atoms with van der Waals surface area (Å²) in [6.45, 7) is 0.945. The standard InChI is InChI=1S/C30H28N2O8/c1-31-28(23(33)18-26(34)35)32-16-15-30(27(32)29(36)40-31,19-6-3-2-4-7-19)39-21-12-10-20(11-13-21)38-25-9-5-8-24-22(25)14-17-37-24/h2-13,27-28H,14-18H2,1H3,(H,34,35). The first kappa shape index (κ1) is 25.8. The lowest BCUT2D eigenvalue weighted by molar-refractivity contribution is -0.243. The summed E-state index contributed by atoms with van der Waals surface area (Å²) in [4.78, 5) is 44.7. The van der Waals surface area contributed by atoms with Gasteiger partial charge >= 0.3 is 11.9 Å². The van der Waals surface area contributed by atoms with E-state index >= 15 is 0 Å². The van der Waals surface area contributed by atoms with Crippen molar-refractivity contribution in [3.8, 4) is 23.0 Å². The lowest BCUT2D eigenvalue weighted by Gasteiger charge is -2.44. The van der Waals surface area contributed by atoms with E-state index in [1.807, 2.05) is 48.5 Å². The molecule has 3 atom stereocenters. The zero-order valence-electron chi connectivity index (χ0n) is 21.8. The average Bonchev–Trinajstić information content (AvgIpc) is 3.57. The third-order valence-corrected chi connectivity index (χ3v) is 7.56. The monoisotopic (exact) mass is 544 g/mol. The number of benzene rings is 3. The molecular formula is C30H28N2O8. The van der Waals surface area contributed by atoms with Gasteiger partial charge in [-0.05, 0) is 42.0 Å². The van der Waals surface area contributed by atoms with E-state index in [1.165, 1.54) is 7.05 Å². The van der Waals surface area contributed by atoms with Crippen LogP contribution in [0.1, 0.15) is 24.0 Å². The maximum atomic E-state index is 13.4.